The predicted molar refractivity (Wildman–Crippen MR) is 96.3 cm³/mol. The lowest BCUT2D eigenvalue weighted by Crippen LogP contribution is -2.05. The summed E-state index contributed by atoms with van der Waals surface area (Å²) in [6.45, 7) is 1.78. The van der Waals surface area contributed by atoms with E-state index in [4.69, 9.17) is 4.74 Å². The number of anilines is 1. The lowest BCUT2D eigenvalue weighted by Gasteiger charge is -2.12. The molecule has 0 aliphatic carbocycles. The van der Waals surface area contributed by atoms with Crippen LogP contribution in [0.2, 0.25) is 0 Å². The maximum atomic E-state index is 14.3. The van der Waals surface area contributed by atoms with Gasteiger partial charge in [-0.2, -0.15) is 13.2 Å². The first-order chi connectivity index (χ1) is 13.2. The van der Waals surface area contributed by atoms with E-state index in [9.17, 15) is 22.0 Å². The molecule has 3 nitrogen and oxygen atoms in total. The van der Waals surface area contributed by atoms with Gasteiger partial charge in [0.05, 0.1) is 16.1 Å². The Hall–Kier alpha value is -2.81. The van der Waals surface area contributed by atoms with Gasteiger partial charge >= 0.3 is 6.18 Å². The van der Waals surface area contributed by atoms with E-state index in [0.29, 0.717) is 29.8 Å². The van der Waals surface area contributed by atoms with Crippen molar-refractivity contribution in [2.45, 2.75) is 18.0 Å². The van der Waals surface area contributed by atoms with Gasteiger partial charge in [0.1, 0.15) is 17.3 Å². The van der Waals surface area contributed by atoms with E-state index in [1.165, 1.54) is 12.1 Å². The van der Waals surface area contributed by atoms with Gasteiger partial charge in [-0.05, 0) is 55.3 Å². The third-order valence-corrected chi connectivity index (χ3v) is 4.43. The molecule has 0 bridgehead atoms. The smallest absolute Gasteiger partial charge is 0.416 e. The van der Waals surface area contributed by atoms with Gasteiger partial charge in [0.15, 0.2) is 5.82 Å². The summed E-state index contributed by atoms with van der Waals surface area (Å²) in [6, 6.07) is 9.25. The van der Waals surface area contributed by atoms with Crippen molar-refractivity contribution < 1.29 is 26.7 Å². The second-order valence-corrected chi connectivity index (χ2v) is 6.57. The Morgan fingerprint density at radius 3 is 2.36 bits per heavy atom. The number of aromatic nitrogens is 1. The second kappa shape index (κ2) is 8.05. The van der Waals surface area contributed by atoms with Crippen molar-refractivity contribution in [2.24, 2.45) is 0 Å². The third-order valence-electron chi connectivity index (χ3n) is 3.57. The van der Waals surface area contributed by atoms with E-state index >= 15 is 0 Å². The molecule has 0 aliphatic heterocycles. The highest BCUT2D eigenvalue weighted by atomic mass is 32.2. The van der Waals surface area contributed by atoms with Crippen LogP contribution < -0.4 is 9.46 Å². The molecule has 1 N–H and O–H groups in total. The SMILES string of the molecule is Cc1cc(Oc2ccc(NSc3cc(C(F)(F)F)ccc3F)c(F)c2)ccn1. The number of aryl methyl sites for hydroxylation is 1. The van der Waals surface area contributed by atoms with Gasteiger partial charge in [0, 0.05) is 24.0 Å². The Bertz CT molecular complexity index is 994. The summed E-state index contributed by atoms with van der Waals surface area (Å²) in [5.74, 6) is -0.848. The number of pyridine rings is 1. The number of halogens is 5. The second-order valence-electron chi connectivity index (χ2n) is 5.72. The molecule has 0 spiro atoms. The van der Waals surface area contributed by atoms with Crippen LogP contribution in [0.15, 0.2) is 59.6 Å². The third kappa shape index (κ3) is 4.92. The summed E-state index contributed by atoms with van der Waals surface area (Å²) >= 11 is 0.542. The van der Waals surface area contributed by atoms with Crippen LogP contribution in [-0.2, 0) is 6.18 Å². The highest BCUT2D eigenvalue weighted by molar-refractivity contribution is 8.00. The van der Waals surface area contributed by atoms with Crippen LogP contribution in [0.4, 0.5) is 27.6 Å². The predicted octanol–water partition coefficient (Wildman–Crippen LogP) is 6.60. The van der Waals surface area contributed by atoms with Crippen molar-refractivity contribution in [3.8, 4) is 11.5 Å². The molecule has 0 fully saturated rings. The molecule has 0 atom stereocenters. The first kappa shape index (κ1) is 19.9. The molecule has 0 amide bonds. The van der Waals surface area contributed by atoms with Gasteiger partial charge in [-0.1, -0.05) is 0 Å². The monoisotopic (exact) mass is 412 g/mol. The Labute approximate surface area is 161 Å². The molecule has 1 aromatic heterocycles. The quantitative estimate of drug-likeness (QED) is 0.378. The van der Waals surface area contributed by atoms with Crippen LogP contribution in [0.1, 0.15) is 11.3 Å². The van der Waals surface area contributed by atoms with Crippen molar-refractivity contribution in [1.82, 2.24) is 4.98 Å². The van der Waals surface area contributed by atoms with E-state index in [1.807, 2.05) is 0 Å². The molecule has 2 aromatic carbocycles. The van der Waals surface area contributed by atoms with Crippen molar-refractivity contribution >= 4 is 17.6 Å². The number of nitrogens with one attached hydrogen (secondary N) is 1. The molecule has 3 aromatic rings. The fourth-order valence-electron chi connectivity index (χ4n) is 2.23. The molecular formula is C19H13F5N2OS. The fraction of sp³-hybridized carbons (Fsp3) is 0.105. The maximum Gasteiger partial charge on any atom is 0.416 e. The topological polar surface area (TPSA) is 34.1 Å². The molecule has 146 valence electrons. The van der Waals surface area contributed by atoms with Crippen molar-refractivity contribution in [3.05, 3.63) is 77.6 Å². The average molecular weight is 412 g/mol. The van der Waals surface area contributed by atoms with Crippen LogP contribution in [0.3, 0.4) is 0 Å². The zero-order chi connectivity index (χ0) is 20.3. The van der Waals surface area contributed by atoms with Crippen LogP contribution >= 0.6 is 11.9 Å². The molecule has 28 heavy (non-hydrogen) atoms. The maximum absolute atomic E-state index is 14.3. The lowest BCUT2D eigenvalue weighted by atomic mass is 10.2. The summed E-state index contributed by atoms with van der Waals surface area (Å²) in [5.41, 5.74) is -0.286. The summed E-state index contributed by atoms with van der Waals surface area (Å²) in [7, 11) is 0. The van der Waals surface area contributed by atoms with Crippen molar-refractivity contribution in [2.75, 3.05) is 4.72 Å². The molecular weight excluding hydrogens is 399 g/mol. The molecule has 3 rings (SSSR count). The van der Waals surface area contributed by atoms with Crippen molar-refractivity contribution in [1.29, 1.82) is 0 Å². The van der Waals surface area contributed by atoms with E-state index in [1.54, 1.807) is 25.3 Å². The lowest BCUT2D eigenvalue weighted by molar-refractivity contribution is -0.137. The number of hydrogen-bond donors (Lipinski definition) is 1. The molecule has 1 heterocycles. The minimum atomic E-state index is -4.60. The minimum absolute atomic E-state index is 0.0277. The summed E-state index contributed by atoms with van der Waals surface area (Å²) in [4.78, 5) is 3.72. The van der Waals surface area contributed by atoms with E-state index in [2.05, 4.69) is 9.71 Å². The normalized spacial score (nSPS) is 11.4. The number of rotatable bonds is 5. The van der Waals surface area contributed by atoms with E-state index in [0.717, 1.165) is 17.8 Å². The number of nitrogens with zero attached hydrogens (tertiary/aromatic N) is 1. The highest BCUT2D eigenvalue weighted by Crippen LogP contribution is 2.34. The summed E-state index contributed by atoms with van der Waals surface area (Å²) in [5, 5.41) is 0. The summed E-state index contributed by atoms with van der Waals surface area (Å²) in [6.07, 6.45) is -3.05. The number of hydrogen-bond acceptors (Lipinski definition) is 4. The molecule has 0 saturated heterocycles. The number of alkyl halides is 3. The van der Waals surface area contributed by atoms with Crippen molar-refractivity contribution in [3.63, 3.8) is 0 Å². The average Bonchev–Trinajstić information content (AvgIpc) is 2.61. The number of benzene rings is 2. The number of ether oxygens (including phenoxy) is 1. The zero-order valence-corrected chi connectivity index (χ0v) is 15.2. The van der Waals surface area contributed by atoms with Crippen LogP contribution in [-0.4, -0.2) is 4.98 Å². The Morgan fingerprint density at radius 2 is 1.68 bits per heavy atom. The largest absolute Gasteiger partial charge is 0.457 e. The van der Waals surface area contributed by atoms with Gasteiger partial charge in [-0.3, -0.25) is 4.98 Å². The van der Waals surface area contributed by atoms with Gasteiger partial charge in [-0.25, -0.2) is 8.78 Å². The van der Waals surface area contributed by atoms with Crippen LogP contribution in [0.25, 0.3) is 0 Å². The van der Waals surface area contributed by atoms with E-state index in [-0.39, 0.29) is 16.3 Å². The van der Waals surface area contributed by atoms with E-state index < -0.39 is 23.4 Å². The Morgan fingerprint density at radius 1 is 0.929 bits per heavy atom. The molecule has 0 aliphatic rings. The standard InChI is InChI=1S/C19H13F5N2OS/c1-11-8-14(6-7-25-11)27-13-3-5-17(16(21)10-13)26-28-18-9-12(19(22,23)24)2-4-15(18)20/h2-10,26H,1H3. The summed E-state index contributed by atoms with van der Waals surface area (Å²) < 4.78 is 74.3. The zero-order valence-electron chi connectivity index (χ0n) is 14.3. The van der Waals surface area contributed by atoms with Crippen LogP contribution in [0.5, 0.6) is 11.5 Å². The molecule has 0 radical (unpaired) electrons. The first-order valence-corrected chi connectivity index (χ1v) is 8.74. The van der Waals surface area contributed by atoms with Crippen LogP contribution in [0, 0.1) is 18.6 Å². The molecule has 0 saturated carbocycles. The van der Waals surface area contributed by atoms with Gasteiger partial charge in [-0.15, -0.1) is 0 Å². The fourth-order valence-corrected chi connectivity index (χ4v) is 2.97. The highest BCUT2D eigenvalue weighted by Gasteiger charge is 2.31. The molecule has 0 unspecified atom stereocenters. The Balaban J connectivity index is 1.72. The first-order valence-electron chi connectivity index (χ1n) is 7.92. The van der Waals surface area contributed by atoms with Gasteiger partial charge in [0.25, 0.3) is 0 Å². The van der Waals surface area contributed by atoms with Gasteiger partial charge < -0.3 is 9.46 Å². The molecule has 9 heteroatoms. The van der Waals surface area contributed by atoms with Gasteiger partial charge in [0.2, 0.25) is 0 Å². The minimum Gasteiger partial charge on any atom is -0.457 e. The Kier molecular flexibility index (Phi) is 5.73.